The minimum atomic E-state index is -0.207. The highest BCUT2D eigenvalue weighted by Gasteiger charge is 2.14. The molecule has 0 atom stereocenters. The van der Waals surface area contributed by atoms with Gasteiger partial charge in [-0.1, -0.05) is 30.3 Å². The molecule has 2 heterocycles. The van der Waals surface area contributed by atoms with Crippen molar-refractivity contribution >= 4 is 55.5 Å². The summed E-state index contributed by atoms with van der Waals surface area (Å²) in [5.41, 5.74) is 1.82. The largest absolute Gasteiger partial charge is 0.322 e. The van der Waals surface area contributed by atoms with Gasteiger partial charge in [0.15, 0.2) is 0 Å². The van der Waals surface area contributed by atoms with Crippen LogP contribution in [0.1, 0.15) is 10.4 Å². The highest BCUT2D eigenvalue weighted by atomic mass is 35.5. The molecule has 0 radical (unpaired) electrons. The van der Waals surface area contributed by atoms with Crippen LogP contribution in [0.4, 0.5) is 5.69 Å². The molecule has 0 unspecified atom stereocenters. The van der Waals surface area contributed by atoms with Crippen LogP contribution in [0.25, 0.3) is 21.0 Å². The van der Waals surface area contributed by atoms with Crippen molar-refractivity contribution < 1.29 is 4.79 Å². The molecular formula is C17H10ClN3OS. The molecule has 2 aromatic carbocycles. The summed E-state index contributed by atoms with van der Waals surface area (Å²) < 4.78 is 0.832. The first kappa shape index (κ1) is 14.1. The standard InChI is InChI=1S/C17H10ClN3OS/c18-17-19-8-14-15(21-17)13(9-23-14)16(22)20-12-6-5-10-3-1-2-4-11(10)7-12/h1-9H,(H,20,22). The Bertz CT molecular complexity index is 1040. The Balaban J connectivity index is 1.69. The number of nitrogens with zero attached hydrogens (tertiary/aromatic N) is 2. The molecule has 1 amide bonds. The van der Waals surface area contributed by atoms with E-state index in [1.54, 1.807) is 11.6 Å². The van der Waals surface area contributed by atoms with Crippen molar-refractivity contribution in [3.8, 4) is 0 Å². The molecule has 0 saturated heterocycles. The first-order valence-corrected chi connectivity index (χ1v) is 8.16. The lowest BCUT2D eigenvalue weighted by Crippen LogP contribution is -2.11. The fourth-order valence-electron chi connectivity index (χ4n) is 2.43. The summed E-state index contributed by atoms with van der Waals surface area (Å²) in [6.45, 7) is 0. The van der Waals surface area contributed by atoms with Gasteiger partial charge in [0.25, 0.3) is 5.91 Å². The van der Waals surface area contributed by atoms with Crippen molar-refractivity contribution in [3.05, 3.63) is 64.9 Å². The second-order valence-corrected chi connectivity index (χ2v) is 6.27. The number of halogens is 1. The third-order valence-corrected chi connectivity index (χ3v) is 4.62. The number of aromatic nitrogens is 2. The van der Waals surface area contributed by atoms with Crippen LogP contribution < -0.4 is 5.32 Å². The third-order valence-electron chi connectivity index (χ3n) is 3.54. The fourth-order valence-corrected chi connectivity index (χ4v) is 3.41. The maximum atomic E-state index is 12.5. The zero-order valence-electron chi connectivity index (χ0n) is 11.8. The average Bonchev–Trinajstić information content (AvgIpc) is 2.98. The van der Waals surface area contributed by atoms with Crippen LogP contribution in [0.3, 0.4) is 0 Å². The number of rotatable bonds is 2. The molecule has 0 fully saturated rings. The van der Waals surface area contributed by atoms with E-state index in [-0.39, 0.29) is 11.2 Å². The van der Waals surface area contributed by atoms with Gasteiger partial charge in [-0.25, -0.2) is 9.97 Å². The van der Waals surface area contributed by atoms with E-state index in [1.165, 1.54) is 11.3 Å². The highest BCUT2D eigenvalue weighted by Crippen LogP contribution is 2.26. The molecule has 0 spiro atoms. The maximum Gasteiger partial charge on any atom is 0.258 e. The molecule has 0 saturated carbocycles. The topological polar surface area (TPSA) is 54.9 Å². The van der Waals surface area contributed by atoms with Gasteiger partial charge in [-0.15, -0.1) is 11.3 Å². The van der Waals surface area contributed by atoms with Crippen LogP contribution in [0.15, 0.2) is 54.0 Å². The van der Waals surface area contributed by atoms with Crippen LogP contribution >= 0.6 is 22.9 Å². The van der Waals surface area contributed by atoms with Crippen molar-refractivity contribution in [2.24, 2.45) is 0 Å². The van der Waals surface area contributed by atoms with Crippen LogP contribution in [0, 0.1) is 0 Å². The number of thiophene rings is 1. The lowest BCUT2D eigenvalue weighted by Gasteiger charge is -2.06. The number of hydrogen-bond acceptors (Lipinski definition) is 4. The Labute approximate surface area is 140 Å². The summed E-state index contributed by atoms with van der Waals surface area (Å²) >= 11 is 7.25. The number of benzene rings is 2. The smallest absolute Gasteiger partial charge is 0.258 e. The molecule has 0 aliphatic carbocycles. The first-order chi connectivity index (χ1) is 11.2. The van der Waals surface area contributed by atoms with Gasteiger partial charge in [0, 0.05) is 17.3 Å². The average molecular weight is 340 g/mol. The summed E-state index contributed by atoms with van der Waals surface area (Å²) in [4.78, 5) is 20.6. The quantitative estimate of drug-likeness (QED) is 0.536. The summed E-state index contributed by atoms with van der Waals surface area (Å²) in [6, 6.07) is 13.8. The van der Waals surface area contributed by atoms with E-state index in [4.69, 9.17) is 11.6 Å². The molecule has 4 nitrogen and oxygen atoms in total. The van der Waals surface area contributed by atoms with Gasteiger partial charge in [-0.3, -0.25) is 4.79 Å². The number of carbonyl (C=O) groups is 1. The van der Waals surface area contributed by atoms with Gasteiger partial charge in [0.1, 0.15) is 0 Å². The van der Waals surface area contributed by atoms with E-state index in [1.807, 2.05) is 42.5 Å². The first-order valence-electron chi connectivity index (χ1n) is 6.90. The van der Waals surface area contributed by atoms with Gasteiger partial charge in [-0.2, -0.15) is 0 Å². The van der Waals surface area contributed by atoms with Gasteiger partial charge in [0.2, 0.25) is 5.28 Å². The number of carbonyl (C=O) groups excluding carboxylic acids is 1. The summed E-state index contributed by atoms with van der Waals surface area (Å²) in [5.74, 6) is -0.207. The number of nitrogens with one attached hydrogen (secondary N) is 1. The zero-order valence-corrected chi connectivity index (χ0v) is 13.4. The monoisotopic (exact) mass is 339 g/mol. The SMILES string of the molecule is O=C(Nc1ccc2ccccc2c1)c1csc2cnc(Cl)nc12. The highest BCUT2D eigenvalue weighted by molar-refractivity contribution is 7.17. The van der Waals surface area contributed by atoms with Crippen LogP contribution in [0.2, 0.25) is 5.28 Å². The third kappa shape index (κ3) is 2.65. The predicted molar refractivity (Wildman–Crippen MR) is 94.3 cm³/mol. The van der Waals surface area contributed by atoms with E-state index in [0.29, 0.717) is 11.1 Å². The van der Waals surface area contributed by atoms with E-state index < -0.39 is 0 Å². The molecule has 0 bridgehead atoms. The molecule has 2 aromatic heterocycles. The lowest BCUT2D eigenvalue weighted by atomic mass is 10.1. The lowest BCUT2D eigenvalue weighted by molar-refractivity contribution is 0.102. The van der Waals surface area contributed by atoms with Crippen molar-refractivity contribution in [2.45, 2.75) is 0 Å². The van der Waals surface area contributed by atoms with E-state index in [2.05, 4.69) is 15.3 Å². The molecule has 4 aromatic rings. The van der Waals surface area contributed by atoms with Crippen molar-refractivity contribution in [3.63, 3.8) is 0 Å². The number of hydrogen-bond donors (Lipinski definition) is 1. The Morgan fingerprint density at radius 3 is 2.83 bits per heavy atom. The summed E-state index contributed by atoms with van der Waals surface area (Å²) in [6.07, 6.45) is 1.63. The maximum absolute atomic E-state index is 12.5. The van der Waals surface area contributed by atoms with Crippen LogP contribution in [0.5, 0.6) is 0 Å². The summed E-state index contributed by atoms with van der Waals surface area (Å²) in [7, 11) is 0. The minimum absolute atomic E-state index is 0.135. The second kappa shape index (κ2) is 5.61. The molecule has 112 valence electrons. The van der Waals surface area contributed by atoms with Crippen molar-refractivity contribution in [1.82, 2.24) is 9.97 Å². The summed E-state index contributed by atoms with van der Waals surface area (Å²) in [5, 5.41) is 7.02. The van der Waals surface area contributed by atoms with Gasteiger partial charge >= 0.3 is 0 Å². The molecule has 1 N–H and O–H groups in total. The zero-order chi connectivity index (χ0) is 15.8. The number of anilines is 1. The van der Waals surface area contributed by atoms with Gasteiger partial charge < -0.3 is 5.32 Å². The molecule has 23 heavy (non-hydrogen) atoms. The molecule has 0 aliphatic heterocycles. The molecule has 4 rings (SSSR count). The van der Waals surface area contributed by atoms with Crippen LogP contribution in [-0.4, -0.2) is 15.9 Å². The number of amides is 1. The molecule has 0 aliphatic rings. The second-order valence-electron chi connectivity index (χ2n) is 5.02. The van der Waals surface area contributed by atoms with Crippen molar-refractivity contribution in [1.29, 1.82) is 0 Å². The van der Waals surface area contributed by atoms with E-state index in [9.17, 15) is 4.79 Å². The van der Waals surface area contributed by atoms with Crippen LogP contribution in [-0.2, 0) is 0 Å². The number of fused-ring (bicyclic) bond motifs is 2. The van der Waals surface area contributed by atoms with Crippen molar-refractivity contribution in [2.75, 3.05) is 5.32 Å². The fraction of sp³-hybridized carbons (Fsp3) is 0. The Morgan fingerprint density at radius 2 is 1.96 bits per heavy atom. The molecule has 6 heteroatoms. The minimum Gasteiger partial charge on any atom is -0.322 e. The molecular weight excluding hydrogens is 330 g/mol. The van der Waals surface area contributed by atoms with E-state index >= 15 is 0 Å². The Hall–Kier alpha value is -2.50. The van der Waals surface area contributed by atoms with Gasteiger partial charge in [-0.05, 0) is 34.5 Å². The Morgan fingerprint density at radius 1 is 1.13 bits per heavy atom. The normalized spacial score (nSPS) is 11.0. The Kier molecular flexibility index (Phi) is 3.44. The van der Waals surface area contributed by atoms with Gasteiger partial charge in [0.05, 0.1) is 15.8 Å². The van der Waals surface area contributed by atoms with E-state index in [0.717, 1.165) is 21.2 Å². The predicted octanol–water partition coefficient (Wildman–Crippen LogP) is 4.75.